The number of unbranched alkanes of at least 4 members (excludes halogenated alkanes) is 52. The maximum absolute atomic E-state index is 12.5. The summed E-state index contributed by atoms with van der Waals surface area (Å²) in [6, 6.07) is -0.635. The normalized spacial score (nSPS) is 12.7. The largest absolute Gasteiger partial charge is 0.466 e. The van der Waals surface area contributed by atoms with Gasteiger partial charge in [0.05, 0.1) is 25.4 Å². The molecule has 0 aromatic heterocycles. The number of ether oxygens (including phenoxy) is 1. The third-order valence-electron chi connectivity index (χ3n) is 16.6. The van der Waals surface area contributed by atoms with Gasteiger partial charge in [-0.05, 0) is 83.5 Å². The Morgan fingerprint density at radius 2 is 0.595 bits per heavy atom. The lowest BCUT2D eigenvalue weighted by Crippen LogP contribution is -2.45. The highest BCUT2D eigenvalue weighted by Gasteiger charge is 2.18. The van der Waals surface area contributed by atoms with Gasteiger partial charge in [0, 0.05) is 12.8 Å². The Bertz CT molecular complexity index is 1280. The first-order valence-corrected chi connectivity index (χ1v) is 35.8. The molecule has 0 aliphatic rings. The van der Waals surface area contributed by atoms with Crippen LogP contribution in [0.25, 0.3) is 0 Å². The summed E-state index contributed by atoms with van der Waals surface area (Å²) < 4.78 is 5.49. The molecule has 0 saturated heterocycles. The summed E-state index contributed by atoms with van der Waals surface area (Å²) in [5.74, 6) is -0.0686. The van der Waals surface area contributed by atoms with Crippen LogP contribution in [0.2, 0.25) is 0 Å². The lowest BCUT2D eigenvalue weighted by molar-refractivity contribution is -0.143. The van der Waals surface area contributed by atoms with Crippen molar-refractivity contribution in [3.8, 4) is 0 Å². The van der Waals surface area contributed by atoms with Crippen molar-refractivity contribution < 1.29 is 24.5 Å². The molecule has 0 fully saturated rings. The summed E-state index contributed by atoms with van der Waals surface area (Å²) in [6.07, 6.45) is 87.9. The van der Waals surface area contributed by atoms with Gasteiger partial charge in [-0.15, -0.1) is 0 Å². The van der Waals surface area contributed by atoms with E-state index in [4.69, 9.17) is 4.74 Å². The molecule has 466 valence electrons. The van der Waals surface area contributed by atoms with Crippen molar-refractivity contribution in [3.05, 3.63) is 36.5 Å². The number of esters is 1. The third-order valence-corrected chi connectivity index (χ3v) is 16.6. The first-order valence-electron chi connectivity index (χ1n) is 35.8. The number of hydrogen-bond donors (Lipinski definition) is 3. The fraction of sp³-hybridized carbons (Fsp3) is 0.890. The van der Waals surface area contributed by atoms with Crippen LogP contribution in [-0.4, -0.2) is 47.4 Å². The quantitative estimate of drug-likeness (QED) is 0.0320. The van der Waals surface area contributed by atoms with Gasteiger partial charge in [0.15, 0.2) is 0 Å². The Labute approximate surface area is 494 Å². The van der Waals surface area contributed by atoms with Gasteiger partial charge in [0.2, 0.25) is 5.91 Å². The molecule has 0 aromatic carbocycles. The molecule has 1 amide bonds. The highest BCUT2D eigenvalue weighted by Crippen LogP contribution is 2.18. The Balaban J connectivity index is 3.44. The molecular weight excluding hydrogens is 971 g/mol. The predicted octanol–water partition coefficient (Wildman–Crippen LogP) is 23.1. The van der Waals surface area contributed by atoms with E-state index in [9.17, 15) is 19.8 Å². The Morgan fingerprint density at radius 1 is 0.342 bits per heavy atom. The molecule has 0 saturated carbocycles. The van der Waals surface area contributed by atoms with Gasteiger partial charge in [0.1, 0.15) is 0 Å². The van der Waals surface area contributed by atoms with Gasteiger partial charge in [-0.1, -0.05) is 333 Å². The molecule has 0 aliphatic heterocycles. The molecule has 79 heavy (non-hydrogen) atoms. The summed E-state index contributed by atoms with van der Waals surface area (Å²) >= 11 is 0. The van der Waals surface area contributed by atoms with E-state index in [0.29, 0.717) is 19.4 Å². The lowest BCUT2D eigenvalue weighted by Gasteiger charge is -2.20. The molecule has 2 unspecified atom stereocenters. The maximum atomic E-state index is 12.5. The van der Waals surface area contributed by atoms with Crippen LogP contribution in [0, 0.1) is 0 Å². The minimum Gasteiger partial charge on any atom is -0.466 e. The highest BCUT2D eigenvalue weighted by atomic mass is 16.5. The average molecular weight is 1110 g/mol. The minimum atomic E-state index is -0.851. The molecule has 0 rings (SSSR count). The van der Waals surface area contributed by atoms with Crippen LogP contribution in [0.1, 0.15) is 393 Å². The van der Waals surface area contributed by atoms with Crippen LogP contribution in [0.3, 0.4) is 0 Å². The van der Waals surface area contributed by atoms with Crippen molar-refractivity contribution in [2.45, 2.75) is 405 Å². The van der Waals surface area contributed by atoms with E-state index >= 15 is 0 Å². The van der Waals surface area contributed by atoms with E-state index in [-0.39, 0.29) is 18.5 Å². The molecular formula is C73H139NO5. The molecule has 0 aliphatic carbocycles. The topological polar surface area (TPSA) is 95.9 Å². The standard InChI is InChI=1S/C73H139NO5/c1-3-5-7-9-11-13-15-17-19-21-22-23-24-25-28-31-34-37-41-45-49-53-57-61-65-71(76)70(69-75)74-72(77)66-62-58-54-50-46-42-38-35-32-29-26-27-30-33-36-40-44-48-52-56-60-64-68-79-73(78)67-63-59-55-51-47-43-39-20-18-16-14-12-10-8-6-4-2/h20,29,32,39,61,65,70-71,75-76H,3-19,21-28,30-31,33-38,40-60,62-64,66-69H2,1-2H3,(H,74,77)/b32-29-,39-20-,65-61+. The minimum absolute atomic E-state index is 0.00265. The number of aliphatic hydroxyl groups excluding tert-OH is 2. The SMILES string of the molecule is CCCCCCCCC/C=C\CCCCCCCC(=O)OCCCCCCCCCCCCC/C=C\CCCCCCCCCC(=O)NC(CO)C(O)/C=C/CCCCCCCCCCCCCCCCCCCCCCCC. The molecule has 0 spiro atoms. The Morgan fingerprint density at radius 3 is 0.899 bits per heavy atom. The van der Waals surface area contributed by atoms with E-state index in [1.807, 2.05) is 6.08 Å². The Hall–Kier alpha value is -1.92. The third kappa shape index (κ3) is 65.1. The second-order valence-corrected chi connectivity index (χ2v) is 24.6. The van der Waals surface area contributed by atoms with Gasteiger partial charge in [0.25, 0.3) is 0 Å². The van der Waals surface area contributed by atoms with Crippen molar-refractivity contribution in [1.29, 1.82) is 0 Å². The van der Waals surface area contributed by atoms with E-state index < -0.39 is 12.1 Å². The molecule has 3 N–H and O–H groups in total. The van der Waals surface area contributed by atoms with E-state index in [1.165, 1.54) is 315 Å². The van der Waals surface area contributed by atoms with Crippen LogP contribution in [0.4, 0.5) is 0 Å². The van der Waals surface area contributed by atoms with E-state index in [2.05, 4.69) is 43.5 Å². The monoisotopic (exact) mass is 1110 g/mol. The number of rotatable bonds is 67. The van der Waals surface area contributed by atoms with Crippen LogP contribution in [0.15, 0.2) is 36.5 Å². The molecule has 0 aromatic rings. The number of nitrogens with one attached hydrogen (secondary N) is 1. The first kappa shape index (κ1) is 77.1. The number of hydrogen-bond acceptors (Lipinski definition) is 5. The van der Waals surface area contributed by atoms with Crippen molar-refractivity contribution in [2.24, 2.45) is 0 Å². The number of aliphatic hydroxyl groups is 2. The van der Waals surface area contributed by atoms with Gasteiger partial charge in [-0.3, -0.25) is 9.59 Å². The fourth-order valence-corrected chi connectivity index (χ4v) is 11.2. The van der Waals surface area contributed by atoms with Crippen molar-refractivity contribution in [1.82, 2.24) is 5.32 Å². The predicted molar refractivity (Wildman–Crippen MR) is 347 cm³/mol. The smallest absolute Gasteiger partial charge is 0.305 e. The van der Waals surface area contributed by atoms with Gasteiger partial charge in [-0.2, -0.15) is 0 Å². The number of carbonyl (C=O) groups excluding carboxylic acids is 2. The van der Waals surface area contributed by atoms with Gasteiger partial charge in [-0.25, -0.2) is 0 Å². The second kappa shape index (κ2) is 68.6. The maximum Gasteiger partial charge on any atom is 0.305 e. The first-order chi connectivity index (χ1) is 39.0. The zero-order valence-corrected chi connectivity index (χ0v) is 53.4. The second-order valence-electron chi connectivity index (χ2n) is 24.6. The summed E-state index contributed by atoms with van der Waals surface area (Å²) in [5, 5.41) is 23.3. The van der Waals surface area contributed by atoms with Gasteiger partial charge < -0.3 is 20.3 Å². The average Bonchev–Trinajstić information content (AvgIpc) is 3.45. The molecule has 0 radical (unpaired) electrons. The van der Waals surface area contributed by atoms with Crippen LogP contribution in [0.5, 0.6) is 0 Å². The highest BCUT2D eigenvalue weighted by molar-refractivity contribution is 5.76. The van der Waals surface area contributed by atoms with Gasteiger partial charge >= 0.3 is 5.97 Å². The number of allylic oxidation sites excluding steroid dienone is 5. The molecule has 6 heteroatoms. The molecule has 0 heterocycles. The molecule has 0 bridgehead atoms. The molecule has 6 nitrogen and oxygen atoms in total. The zero-order valence-electron chi connectivity index (χ0n) is 53.4. The van der Waals surface area contributed by atoms with E-state index in [1.54, 1.807) is 6.08 Å². The van der Waals surface area contributed by atoms with Crippen LogP contribution < -0.4 is 5.32 Å². The van der Waals surface area contributed by atoms with Crippen molar-refractivity contribution in [2.75, 3.05) is 13.2 Å². The lowest BCUT2D eigenvalue weighted by atomic mass is 10.0. The Kier molecular flexibility index (Phi) is 66.9. The summed E-state index contributed by atoms with van der Waals surface area (Å²) in [5.41, 5.74) is 0. The fourth-order valence-electron chi connectivity index (χ4n) is 11.2. The molecule has 2 atom stereocenters. The summed E-state index contributed by atoms with van der Waals surface area (Å²) in [6.45, 7) is 4.93. The van der Waals surface area contributed by atoms with E-state index in [0.717, 1.165) is 51.4 Å². The number of amides is 1. The van der Waals surface area contributed by atoms with Crippen molar-refractivity contribution >= 4 is 11.9 Å². The number of carbonyl (C=O) groups is 2. The zero-order chi connectivity index (χ0) is 57.1. The van der Waals surface area contributed by atoms with Crippen LogP contribution in [-0.2, 0) is 14.3 Å². The van der Waals surface area contributed by atoms with Crippen LogP contribution >= 0.6 is 0 Å². The van der Waals surface area contributed by atoms with Crippen molar-refractivity contribution in [3.63, 3.8) is 0 Å². The summed E-state index contributed by atoms with van der Waals surface area (Å²) in [4.78, 5) is 24.6. The summed E-state index contributed by atoms with van der Waals surface area (Å²) in [7, 11) is 0.